The lowest BCUT2D eigenvalue weighted by Crippen LogP contribution is -2.19. The maximum atomic E-state index is 5.67. The van der Waals surface area contributed by atoms with Crippen molar-refractivity contribution in [1.82, 2.24) is 5.32 Å². The van der Waals surface area contributed by atoms with Crippen molar-refractivity contribution in [3.63, 3.8) is 0 Å². The van der Waals surface area contributed by atoms with Gasteiger partial charge in [-0.25, -0.2) is 0 Å². The number of rotatable bonds is 8. The van der Waals surface area contributed by atoms with Crippen LogP contribution in [0.1, 0.15) is 26.3 Å². The highest BCUT2D eigenvalue weighted by atomic mass is 16.5. The van der Waals surface area contributed by atoms with E-state index in [0.717, 1.165) is 12.3 Å². The Hall–Kier alpha value is -1.06. The molecule has 0 aromatic heterocycles. The van der Waals surface area contributed by atoms with Crippen LogP contribution in [0.4, 0.5) is 0 Å². The summed E-state index contributed by atoms with van der Waals surface area (Å²) in [6.07, 6.45) is 0.282. The molecule has 0 aliphatic heterocycles. The van der Waals surface area contributed by atoms with Gasteiger partial charge in [0.05, 0.1) is 12.7 Å². The molecule has 0 saturated heterocycles. The molecule has 1 unspecified atom stereocenters. The van der Waals surface area contributed by atoms with E-state index in [4.69, 9.17) is 9.47 Å². The van der Waals surface area contributed by atoms with E-state index in [1.807, 2.05) is 19.2 Å². The Morgan fingerprint density at radius 3 is 2.61 bits per heavy atom. The van der Waals surface area contributed by atoms with Crippen molar-refractivity contribution < 1.29 is 9.47 Å². The van der Waals surface area contributed by atoms with E-state index in [-0.39, 0.29) is 6.10 Å². The Labute approximate surface area is 110 Å². The molecule has 0 aliphatic carbocycles. The topological polar surface area (TPSA) is 30.5 Å². The zero-order chi connectivity index (χ0) is 13.4. The van der Waals surface area contributed by atoms with Crippen LogP contribution in [0, 0.1) is 5.92 Å². The standard InChI is InChI=1S/C15H25NO2/c1-12(2)13(3)17-8-9-18-15-7-5-6-14(10-15)11-16-4/h5-7,10,12-13,16H,8-9,11H2,1-4H3. The Morgan fingerprint density at radius 2 is 1.94 bits per heavy atom. The molecule has 0 fully saturated rings. The van der Waals surface area contributed by atoms with Crippen LogP contribution in [-0.4, -0.2) is 26.4 Å². The Bertz CT molecular complexity index is 339. The lowest BCUT2D eigenvalue weighted by Gasteiger charge is -2.16. The Morgan fingerprint density at radius 1 is 1.17 bits per heavy atom. The van der Waals surface area contributed by atoms with Crippen LogP contribution < -0.4 is 10.1 Å². The first-order valence-corrected chi connectivity index (χ1v) is 6.61. The predicted octanol–water partition coefficient (Wildman–Crippen LogP) is 2.85. The fraction of sp³-hybridized carbons (Fsp3) is 0.600. The monoisotopic (exact) mass is 251 g/mol. The summed E-state index contributed by atoms with van der Waals surface area (Å²) in [5.74, 6) is 1.45. The molecule has 0 radical (unpaired) electrons. The maximum Gasteiger partial charge on any atom is 0.119 e. The van der Waals surface area contributed by atoms with Gasteiger partial charge in [0.1, 0.15) is 12.4 Å². The molecule has 0 amide bonds. The van der Waals surface area contributed by atoms with Gasteiger partial charge in [0.2, 0.25) is 0 Å². The molecule has 1 rings (SSSR count). The molecule has 0 aliphatic rings. The third kappa shape index (κ3) is 5.52. The number of ether oxygens (including phenoxy) is 2. The number of hydrogen-bond donors (Lipinski definition) is 1. The first kappa shape index (κ1) is 15.0. The van der Waals surface area contributed by atoms with Gasteiger partial charge in [0.15, 0.2) is 0 Å². The molecule has 1 atom stereocenters. The highest BCUT2D eigenvalue weighted by Crippen LogP contribution is 2.13. The quantitative estimate of drug-likeness (QED) is 0.721. The summed E-state index contributed by atoms with van der Waals surface area (Å²) in [4.78, 5) is 0. The van der Waals surface area contributed by atoms with Gasteiger partial charge in [-0.05, 0) is 37.6 Å². The molecular formula is C15H25NO2. The van der Waals surface area contributed by atoms with Crippen molar-refractivity contribution in [2.75, 3.05) is 20.3 Å². The van der Waals surface area contributed by atoms with Gasteiger partial charge < -0.3 is 14.8 Å². The van der Waals surface area contributed by atoms with Gasteiger partial charge in [0.25, 0.3) is 0 Å². The molecule has 1 aromatic rings. The van der Waals surface area contributed by atoms with Gasteiger partial charge in [-0.3, -0.25) is 0 Å². The normalized spacial score (nSPS) is 12.7. The molecule has 102 valence electrons. The van der Waals surface area contributed by atoms with E-state index in [9.17, 15) is 0 Å². The maximum absolute atomic E-state index is 5.67. The number of nitrogens with one attached hydrogen (secondary N) is 1. The summed E-state index contributed by atoms with van der Waals surface area (Å²) in [6.45, 7) is 8.51. The Balaban J connectivity index is 2.28. The molecule has 0 bridgehead atoms. The second-order valence-electron chi connectivity index (χ2n) is 4.85. The first-order chi connectivity index (χ1) is 8.63. The van der Waals surface area contributed by atoms with Crippen LogP contribution in [0.3, 0.4) is 0 Å². The summed E-state index contributed by atoms with van der Waals surface area (Å²) in [5, 5.41) is 3.13. The second kappa shape index (κ2) is 8.11. The summed E-state index contributed by atoms with van der Waals surface area (Å²) < 4.78 is 11.3. The zero-order valence-electron chi connectivity index (χ0n) is 11.9. The third-order valence-corrected chi connectivity index (χ3v) is 2.95. The smallest absolute Gasteiger partial charge is 0.119 e. The van der Waals surface area contributed by atoms with Gasteiger partial charge in [-0.1, -0.05) is 26.0 Å². The first-order valence-electron chi connectivity index (χ1n) is 6.61. The molecule has 1 N–H and O–H groups in total. The molecule has 3 heteroatoms. The predicted molar refractivity (Wildman–Crippen MR) is 75.0 cm³/mol. The lowest BCUT2D eigenvalue weighted by molar-refractivity contribution is 0.0188. The van der Waals surface area contributed by atoms with Crippen molar-refractivity contribution in [2.24, 2.45) is 5.92 Å². The van der Waals surface area contributed by atoms with Gasteiger partial charge in [-0.2, -0.15) is 0 Å². The van der Waals surface area contributed by atoms with Crippen LogP contribution in [0.15, 0.2) is 24.3 Å². The Kier molecular flexibility index (Phi) is 6.76. The van der Waals surface area contributed by atoms with Gasteiger partial charge >= 0.3 is 0 Å². The van der Waals surface area contributed by atoms with Crippen LogP contribution in [0.25, 0.3) is 0 Å². The average Bonchev–Trinajstić information content (AvgIpc) is 2.35. The van der Waals surface area contributed by atoms with Crippen molar-refractivity contribution in [3.8, 4) is 5.75 Å². The number of hydrogen-bond acceptors (Lipinski definition) is 3. The van der Waals surface area contributed by atoms with Gasteiger partial charge in [0, 0.05) is 6.54 Å². The fourth-order valence-corrected chi connectivity index (χ4v) is 1.54. The molecule has 0 heterocycles. The van der Waals surface area contributed by atoms with Crippen LogP contribution in [0.5, 0.6) is 5.75 Å². The average molecular weight is 251 g/mol. The molecule has 0 saturated carbocycles. The van der Waals surface area contributed by atoms with Crippen LogP contribution in [-0.2, 0) is 11.3 Å². The molecule has 18 heavy (non-hydrogen) atoms. The number of benzene rings is 1. The van der Waals surface area contributed by atoms with E-state index < -0.39 is 0 Å². The molecule has 0 spiro atoms. The van der Waals surface area contributed by atoms with Gasteiger partial charge in [-0.15, -0.1) is 0 Å². The summed E-state index contributed by atoms with van der Waals surface area (Å²) in [7, 11) is 1.94. The summed E-state index contributed by atoms with van der Waals surface area (Å²) in [5.41, 5.74) is 1.23. The largest absolute Gasteiger partial charge is 0.491 e. The van der Waals surface area contributed by atoms with Crippen molar-refractivity contribution in [1.29, 1.82) is 0 Å². The zero-order valence-corrected chi connectivity index (χ0v) is 11.9. The molecule has 1 aromatic carbocycles. The highest BCUT2D eigenvalue weighted by Gasteiger charge is 2.06. The fourth-order valence-electron chi connectivity index (χ4n) is 1.54. The molecule has 3 nitrogen and oxygen atoms in total. The highest BCUT2D eigenvalue weighted by molar-refractivity contribution is 5.28. The van der Waals surface area contributed by atoms with Crippen molar-refractivity contribution in [3.05, 3.63) is 29.8 Å². The summed E-state index contributed by atoms with van der Waals surface area (Å²) >= 11 is 0. The SMILES string of the molecule is CNCc1cccc(OCCOC(C)C(C)C)c1. The van der Waals surface area contributed by atoms with Crippen molar-refractivity contribution in [2.45, 2.75) is 33.4 Å². The minimum absolute atomic E-state index is 0.282. The molecular weight excluding hydrogens is 226 g/mol. The van der Waals surface area contributed by atoms with E-state index >= 15 is 0 Å². The van der Waals surface area contributed by atoms with E-state index in [2.05, 4.69) is 38.2 Å². The van der Waals surface area contributed by atoms with Crippen molar-refractivity contribution >= 4 is 0 Å². The summed E-state index contributed by atoms with van der Waals surface area (Å²) in [6, 6.07) is 8.13. The second-order valence-corrected chi connectivity index (χ2v) is 4.85. The minimum atomic E-state index is 0.282. The van der Waals surface area contributed by atoms with E-state index in [1.165, 1.54) is 5.56 Å². The van der Waals surface area contributed by atoms with E-state index in [0.29, 0.717) is 19.1 Å². The van der Waals surface area contributed by atoms with Crippen LogP contribution >= 0.6 is 0 Å². The third-order valence-electron chi connectivity index (χ3n) is 2.95. The lowest BCUT2D eigenvalue weighted by atomic mass is 10.1. The minimum Gasteiger partial charge on any atom is -0.491 e. The van der Waals surface area contributed by atoms with Crippen LogP contribution in [0.2, 0.25) is 0 Å². The van der Waals surface area contributed by atoms with E-state index in [1.54, 1.807) is 0 Å².